The van der Waals surface area contributed by atoms with Crippen LogP contribution >= 0.6 is 12.2 Å². The van der Waals surface area contributed by atoms with Gasteiger partial charge in [0.1, 0.15) is 11.9 Å². The van der Waals surface area contributed by atoms with Crippen molar-refractivity contribution in [2.75, 3.05) is 26.5 Å². The second-order valence-corrected chi connectivity index (χ2v) is 9.27. The summed E-state index contributed by atoms with van der Waals surface area (Å²) in [6, 6.07) is 8.06. The number of thiocarbonyl (C=S) groups is 1. The average Bonchev–Trinajstić information content (AvgIpc) is 2.72. The van der Waals surface area contributed by atoms with Crippen molar-refractivity contribution in [2.45, 2.75) is 39.3 Å². The minimum atomic E-state index is -0.205. The van der Waals surface area contributed by atoms with Crippen molar-refractivity contribution >= 4 is 28.7 Å². The molecule has 0 saturated carbocycles. The maximum atomic E-state index is 6.49. The first-order valence-corrected chi connectivity index (χ1v) is 11.1. The van der Waals surface area contributed by atoms with Gasteiger partial charge in [0.05, 0.1) is 18.2 Å². The first-order chi connectivity index (χ1) is 15.2. The average molecular weight is 451 g/mol. The second kappa shape index (κ2) is 8.17. The van der Waals surface area contributed by atoms with Crippen LogP contribution in [0.4, 0.5) is 5.69 Å². The highest BCUT2D eigenvalue weighted by Crippen LogP contribution is 2.54. The van der Waals surface area contributed by atoms with Gasteiger partial charge >= 0.3 is 0 Å². The Morgan fingerprint density at radius 1 is 1.19 bits per heavy atom. The zero-order chi connectivity index (χ0) is 23.2. The predicted octanol–water partition coefficient (Wildman–Crippen LogP) is 6.20. The standard InChI is InChI=1S/C26H30N2O3S/c1-8-9-18-22-16(10-11-17-21(22)15(2)14-26(3,4)27-17)23-19(30-18)12-13-20(24(23)29-7)31-25(32)28(5)6/h8-14,18,27H,1-7H3. The topological polar surface area (TPSA) is 43.0 Å². The Morgan fingerprint density at radius 2 is 1.94 bits per heavy atom. The third-order valence-electron chi connectivity index (χ3n) is 5.70. The van der Waals surface area contributed by atoms with Crippen LogP contribution in [-0.4, -0.2) is 36.8 Å². The summed E-state index contributed by atoms with van der Waals surface area (Å²) >= 11 is 5.36. The zero-order valence-corrected chi connectivity index (χ0v) is 20.5. The van der Waals surface area contributed by atoms with Gasteiger partial charge in [-0.15, -0.1) is 0 Å². The molecule has 1 atom stereocenters. The van der Waals surface area contributed by atoms with Crippen molar-refractivity contribution in [1.29, 1.82) is 0 Å². The van der Waals surface area contributed by atoms with Crippen LogP contribution < -0.4 is 19.5 Å². The summed E-state index contributed by atoms with van der Waals surface area (Å²) in [5, 5.41) is 4.01. The van der Waals surface area contributed by atoms with Gasteiger partial charge in [-0.1, -0.05) is 18.2 Å². The van der Waals surface area contributed by atoms with E-state index in [2.05, 4.69) is 50.4 Å². The van der Waals surface area contributed by atoms with Gasteiger partial charge in [0.2, 0.25) is 0 Å². The van der Waals surface area contributed by atoms with E-state index in [-0.39, 0.29) is 11.6 Å². The first kappa shape index (κ1) is 22.2. The molecule has 6 heteroatoms. The van der Waals surface area contributed by atoms with E-state index in [0.29, 0.717) is 16.7 Å². The van der Waals surface area contributed by atoms with Gasteiger partial charge < -0.3 is 24.4 Å². The molecule has 0 fully saturated rings. The molecule has 2 aliphatic rings. The maximum Gasteiger partial charge on any atom is 0.264 e. The van der Waals surface area contributed by atoms with Crippen LogP contribution in [0.2, 0.25) is 0 Å². The molecule has 1 unspecified atom stereocenters. The number of ether oxygens (including phenoxy) is 3. The molecule has 2 aliphatic heterocycles. The smallest absolute Gasteiger partial charge is 0.264 e. The molecule has 1 N–H and O–H groups in total. The largest absolute Gasteiger partial charge is 0.492 e. The van der Waals surface area contributed by atoms with Crippen LogP contribution in [0.1, 0.15) is 44.9 Å². The van der Waals surface area contributed by atoms with Gasteiger partial charge in [-0.25, -0.2) is 0 Å². The third kappa shape index (κ3) is 3.73. The molecule has 5 nitrogen and oxygen atoms in total. The van der Waals surface area contributed by atoms with Crippen molar-refractivity contribution in [3.05, 3.63) is 53.6 Å². The van der Waals surface area contributed by atoms with Crippen molar-refractivity contribution in [2.24, 2.45) is 0 Å². The van der Waals surface area contributed by atoms with Crippen molar-refractivity contribution in [3.63, 3.8) is 0 Å². The molecule has 32 heavy (non-hydrogen) atoms. The normalized spacial score (nSPS) is 17.8. The van der Waals surface area contributed by atoms with Gasteiger partial charge in [0, 0.05) is 30.9 Å². The van der Waals surface area contributed by atoms with Crippen molar-refractivity contribution in [3.8, 4) is 28.4 Å². The molecule has 168 valence electrons. The molecule has 2 heterocycles. The number of nitrogens with one attached hydrogen (secondary N) is 1. The Morgan fingerprint density at radius 3 is 2.59 bits per heavy atom. The number of hydrogen-bond acceptors (Lipinski definition) is 5. The van der Waals surface area contributed by atoms with E-state index in [1.54, 1.807) is 12.0 Å². The molecule has 2 aromatic carbocycles. The van der Waals surface area contributed by atoms with Crippen LogP contribution in [0, 0.1) is 0 Å². The molecule has 0 saturated heterocycles. The van der Waals surface area contributed by atoms with Gasteiger partial charge in [-0.3, -0.25) is 0 Å². The Hall–Kier alpha value is -2.99. The summed E-state index contributed by atoms with van der Waals surface area (Å²) in [6.45, 7) is 8.52. The SMILES string of the molecule is CC=CC1Oc2ccc(OC(=S)N(C)C)c(OC)c2-c2ccc3c(c21)C(C)=CC(C)(C)N3. The number of benzene rings is 2. The van der Waals surface area contributed by atoms with E-state index in [1.165, 1.54) is 11.1 Å². The molecule has 2 aromatic rings. The van der Waals surface area contributed by atoms with E-state index in [4.69, 9.17) is 26.4 Å². The fourth-order valence-electron chi connectivity index (χ4n) is 4.53. The summed E-state index contributed by atoms with van der Waals surface area (Å²) in [5.74, 6) is 1.93. The quantitative estimate of drug-likeness (QED) is 0.443. The highest BCUT2D eigenvalue weighted by Gasteiger charge is 2.35. The Labute approximate surface area is 195 Å². The monoisotopic (exact) mass is 450 g/mol. The molecule has 0 amide bonds. The van der Waals surface area contributed by atoms with Crippen LogP contribution in [-0.2, 0) is 0 Å². The van der Waals surface area contributed by atoms with E-state index >= 15 is 0 Å². The predicted molar refractivity (Wildman–Crippen MR) is 135 cm³/mol. The summed E-state index contributed by atoms with van der Waals surface area (Å²) in [6.07, 6.45) is 6.18. The van der Waals surface area contributed by atoms with E-state index < -0.39 is 0 Å². The van der Waals surface area contributed by atoms with E-state index in [9.17, 15) is 0 Å². The number of nitrogens with zero attached hydrogens (tertiary/aromatic N) is 1. The lowest BCUT2D eigenvalue weighted by molar-refractivity contribution is 0.249. The number of allylic oxidation sites excluding steroid dienone is 2. The molecular formula is C26H30N2O3S. The Bertz CT molecular complexity index is 1150. The minimum absolute atomic E-state index is 0.116. The van der Waals surface area contributed by atoms with E-state index in [0.717, 1.165) is 28.1 Å². The fraction of sp³-hybridized carbons (Fsp3) is 0.346. The highest BCUT2D eigenvalue weighted by atomic mass is 32.1. The molecule has 0 aromatic heterocycles. The van der Waals surface area contributed by atoms with Crippen LogP contribution in [0.5, 0.6) is 17.2 Å². The lowest BCUT2D eigenvalue weighted by atomic mass is 9.81. The lowest BCUT2D eigenvalue weighted by Gasteiger charge is -2.37. The van der Waals surface area contributed by atoms with E-state index in [1.807, 2.05) is 39.2 Å². The summed E-state index contributed by atoms with van der Waals surface area (Å²) < 4.78 is 18.3. The highest BCUT2D eigenvalue weighted by molar-refractivity contribution is 7.80. The van der Waals surface area contributed by atoms with Gasteiger partial charge in [0.25, 0.3) is 5.17 Å². The van der Waals surface area contributed by atoms with Crippen LogP contribution in [0.25, 0.3) is 16.7 Å². The van der Waals surface area contributed by atoms with Crippen molar-refractivity contribution in [1.82, 2.24) is 4.90 Å². The number of methoxy groups -OCH3 is 1. The van der Waals surface area contributed by atoms with Crippen LogP contribution in [0.3, 0.4) is 0 Å². The number of anilines is 1. The molecule has 4 rings (SSSR count). The molecule has 0 aliphatic carbocycles. The van der Waals surface area contributed by atoms with Crippen molar-refractivity contribution < 1.29 is 14.2 Å². The summed E-state index contributed by atoms with van der Waals surface area (Å²) in [5.41, 5.74) is 6.46. The van der Waals surface area contributed by atoms with Crippen LogP contribution in [0.15, 0.2) is 42.5 Å². The van der Waals surface area contributed by atoms with Gasteiger partial charge in [-0.2, -0.15) is 0 Å². The zero-order valence-electron chi connectivity index (χ0n) is 19.7. The molecule has 0 bridgehead atoms. The Kier molecular flexibility index (Phi) is 5.67. The fourth-order valence-corrected chi connectivity index (χ4v) is 4.62. The van der Waals surface area contributed by atoms with Gasteiger partial charge in [-0.05, 0) is 75.3 Å². The third-order valence-corrected chi connectivity index (χ3v) is 6.15. The number of fused-ring (bicyclic) bond motifs is 5. The van der Waals surface area contributed by atoms with Gasteiger partial charge in [0.15, 0.2) is 11.5 Å². The number of hydrogen-bond donors (Lipinski definition) is 1. The Balaban J connectivity index is 1.97. The molecule has 0 spiro atoms. The number of rotatable bonds is 3. The molecule has 0 radical (unpaired) electrons. The first-order valence-electron chi connectivity index (χ1n) is 10.7. The molecular weight excluding hydrogens is 420 g/mol. The summed E-state index contributed by atoms with van der Waals surface area (Å²) in [4.78, 5) is 1.75. The summed E-state index contributed by atoms with van der Waals surface area (Å²) in [7, 11) is 5.35. The second-order valence-electron chi connectivity index (χ2n) is 8.92. The maximum absolute atomic E-state index is 6.49. The lowest BCUT2D eigenvalue weighted by Crippen LogP contribution is -2.32. The minimum Gasteiger partial charge on any atom is -0.492 e.